The molecule has 0 unspecified atom stereocenters. The molecule has 0 saturated carbocycles. The zero-order valence-corrected chi connectivity index (χ0v) is 17.4. The average Bonchev–Trinajstić information content (AvgIpc) is 2.77. The molecule has 0 spiro atoms. The van der Waals surface area contributed by atoms with Gasteiger partial charge in [-0.2, -0.15) is 0 Å². The molecule has 7 heteroatoms. The van der Waals surface area contributed by atoms with Gasteiger partial charge in [-0.15, -0.1) is 0 Å². The third-order valence-corrected chi connectivity index (χ3v) is 5.57. The van der Waals surface area contributed by atoms with Crippen molar-refractivity contribution < 1.29 is 14.5 Å². The Morgan fingerprint density at radius 2 is 1.93 bits per heavy atom. The van der Waals surface area contributed by atoms with Gasteiger partial charge in [0, 0.05) is 45.0 Å². The third-order valence-electron chi connectivity index (χ3n) is 5.57. The molecule has 0 aromatic heterocycles. The van der Waals surface area contributed by atoms with E-state index >= 15 is 0 Å². The molecule has 1 saturated heterocycles. The van der Waals surface area contributed by atoms with Crippen LogP contribution in [0.15, 0.2) is 48.5 Å². The van der Waals surface area contributed by atoms with Gasteiger partial charge in [-0.25, -0.2) is 0 Å². The second-order valence-corrected chi connectivity index (χ2v) is 7.68. The third kappa shape index (κ3) is 5.79. The van der Waals surface area contributed by atoms with Crippen molar-refractivity contribution in [3.8, 4) is 0 Å². The largest absolute Gasteiger partial charge is 0.385 e. The number of nitro groups is 1. The molecule has 2 aromatic carbocycles. The fraction of sp³-hybridized carbons (Fsp3) is 0.435. The van der Waals surface area contributed by atoms with Crippen molar-refractivity contribution >= 4 is 17.3 Å². The minimum absolute atomic E-state index is 0.0129. The van der Waals surface area contributed by atoms with Crippen LogP contribution in [0.1, 0.15) is 35.2 Å². The Morgan fingerprint density at radius 1 is 1.20 bits per heavy atom. The summed E-state index contributed by atoms with van der Waals surface area (Å²) in [5, 5.41) is 14.4. The number of hydrogen-bond donors (Lipinski definition) is 1. The van der Waals surface area contributed by atoms with Crippen LogP contribution in [0.2, 0.25) is 0 Å². The van der Waals surface area contributed by atoms with E-state index < -0.39 is 4.92 Å². The second-order valence-electron chi connectivity index (χ2n) is 7.68. The van der Waals surface area contributed by atoms with E-state index in [1.807, 2.05) is 6.07 Å². The number of hydrogen-bond acceptors (Lipinski definition) is 5. The first-order valence-corrected chi connectivity index (χ1v) is 10.4. The highest BCUT2D eigenvalue weighted by molar-refractivity contribution is 5.95. The first kappa shape index (κ1) is 21.8. The normalized spacial score (nSPS) is 14.5. The van der Waals surface area contributed by atoms with Gasteiger partial charge in [-0.1, -0.05) is 30.3 Å². The van der Waals surface area contributed by atoms with Crippen molar-refractivity contribution in [3.05, 3.63) is 69.8 Å². The van der Waals surface area contributed by atoms with Crippen molar-refractivity contribution in [2.24, 2.45) is 5.92 Å². The lowest BCUT2D eigenvalue weighted by Gasteiger charge is -2.33. The van der Waals surface area contributed by atoms with E-state index in [-0.39, 0.29) is 11.6 Å². The van der Waals surface area contributed by atoms with Crippen LogP contribution in [0.5, 0.6) is 0 Å². The Hall–Kier alpha value is -2.93. The number of benzene rings is 2. The Kier molecular flexibility index (Phi) is 7.79. The van der Waals surface area contributed by atoms with Crippen LogP contribution in [0.25, 0.3) is 0 Å². The summed E-state index contributed by atoms with van der Waals surface area (Å²) in [4.78, 5) is 25.6. The van der Waals surface area contributed by atoms with Gasteiger partial charge < -0.3 is 15.0 Å². The highest BCUT2D eigenvalue weighted by Gasteiger charge is 2.26. The van der Waals surface area contributed by atoms with Crippen molar-refractivity contribution in [3.63, 3.8) is 0 Å². The summed E-state index contributed by atoms with van der Waals surface area (Å²) in [6, 6.07) is 15.2. The molecule has 0 radical (unpaired) electrons. The summed E-state index contributed by atoms with van der Waals surface area (Å²) in [7, 11) is 1.61. The highest BCUT2D eigenvalue weighted by Crippen LogP contribution is 2.33. The minimum atomic E-state index is -0.396. The number of amides is 1. The van der Waals surface area contributed by atoms with Gasteiger partial charge in [0.05, 0.1) is 4.92 Å². The SMILES string of the molecule is COCCCNC(=O)c1ccc(N2CCC(Cc3ccccc3)CC2)c([N+](=O)[O-])c1. The Morgan fingerprint density at radius 3 is 2.60 bits per heavy atom. The van der Waals surface area contributed by atoms with E-state index in [0.717, 1.165) is 32.4 Å². The predicted octanol–water partition coefficient (Wildman–Crippen LogP) is 3.82. The molecular formula is C23H29N3O4. The average molecular weight is 412 g/mol. The lowest BCUT2D eigenvalue weighted by Crippen LogP contribution is -2.34. The van der Waals surface area contributed by atoms with Gasteiger partial charge in [-0.05, 0) is 49.3 Å². The number of nitro benzene ring substituents is 1. The van der Waals surface area contributed by atoms with Crippen LogP contribution in [-0.2, 0) is 11.2 Å². The first-order chi connectivity index (χ1) is 14.6. The topological polar surface area (TPSA) is 84.7 Å². The molecule has 1 amide bonds. The number of ether oxygens (including phenoxy) is 1. The van der Waals surface area contributed by atoms with Crippen LogP contribution >= 0.6 is 0 Å². The summed E-state index contributed by atoms with van der Waals surface area (Å²) < 4.78 is 4.96. The predicted molar refractivity (Wildman–Crippen MR) is 117 cm³/mol. The number of nitrogens with one attached hydrogen (secondary N) is 1. The molecule has 3 rings (SSSR count). The van der Waals surface area contributed by atoms with E-state index in [4.69, 9.17) is 4.74 Å². The molecule has 2 aromatic rings. The van der Waals surface area contributed by atoms with E-state index in [0.29, 0.717) is 36.7 Å². The van der Waals surface area contributed by atoms with Crippen molar-refractivity contribution in [2.75, 3.05) is 38.3 Å². The van der Waals surface area contributed by atoms with Crippen LogP contribution in [0.3, 0.4) is 0 Å². The van der Waals surface area contributed by atoms with Crippen LogP contribution < -0.4 is 10.2 Å². The zero-order valence-electron chi connectivity index (χ0n) is 17.4. The standard InChI is InChI=1S/C23H29N3O4/c1-30-15-5-12-24-23(27)20-8-9-21(22(17-20)26(28)29)25-13-10-19(11-14-25)16-18-6-3-2-4-7-18/h2-4,6-9,17,19H,5,10-16H2,1H3,(H,24,27). The molecule has 1 N–H and O–H groups in total. The summed E-state index contributed by atoms with van der Waals surface area (Å²) >= 11 is 0. The number of anilines is 1. The number of carbonyl (C=O) groups is 1. The van der Waals surface area contributed by atoms with Gasteiger partial charge in [0.25, 0.3) is 11.6 Å². The smallest absolute Gasteiger partial charge is 0.293 e. The molecule has 0 bridgehead atoms. The van der Waals surface area contributed by atoms with Crippen molar-refractivity contribution in [1.29, 1.82) is 0 Å². The fourth-order valence-electron chi connectivity index (χ4n) is 3.92. The molecule has 0 atom stereocenters. The number of methoxy groups -OCH3 is 1. The van der Waals surface area contributed by atoms with E-state index in [1.54, 1.807) is 19.2 Å². The first-order valence-electron chi connectivity index (χ1n) is 10.4. The molecule has 160 valence electrons. The number of nitrogens with zero attached hydrogens (tertiary/aromatic N) is 2. The summed E-state index contributed by atoms with van der Waals surface area (Å²) in [5.74, 6) is 0.280. The number of carbonyl (C=O) groups excluding carboxylic acids is 1. The van der Waals surface area contributed by atoms with Crippen LogP contribution in [0.4, 0.5) is 11.4 Å². The van der Waals surface area contributed by atoms with Gasteiger partial charge in [-0.3, -0.25) is 14.9 Å². The summed E-state index contributed by atoms with van der Waals surface area (Å²) in [5.41, 5.74) is 2.22. The van der Waals surface area contributed by atoms with Gasteiger partial charge in [0.15, 0.2) is 0 Å². The maximum atomic E-state index is 12.3. The number of rotatable bonds is 9. The van der Waals surface area contributed by atoms with Gasteiger partial charge in [0.1, 0.15) is 5.69 Å². The van der Waals surface area contributed by atoms with Crippen molar-refractivity contribution in [1.82, 2.24) is 5.32 Å². The second kappa shape index (κ2) is 10.7. The van der Waals surface area contributed by atoms with Gasteiger partial charge in [0.2, 0.25) is 0 Å². The van der Waals surface area contributed by atoms with Crippen LogP contribution in [0, 0.1) is 16.0 Å². The lowest BCUT2D eigenvalue weighted by atomic mass is 9.90. The van der Waals surface area contributed by atoms with E-state index in [2.05, 4.69) is 34.5 Å². The van der Waals surface area contributed by atoms with Crippen molar-refractivity contribution in [2.45, 2.75) is 25.7 Å². The summed E-state index contributed by atoms with van der Waals surface area (Å²) in [6.07, 6.45) is 3.72. The van der Waals surface area contributed by atoms with E-state index in [1.165, 1.54) is 11.6 Å². The molecule has 7 nitrogen and oxygen atoms in total. The molecule has 1 aliphatic rings. The number of piperidine rings is 1. The Balaban J connectivity index is 1.63. The highest BCUT2D eigenvalue weighted by atomic mass is 16.6. The fourth-order valence-corrected chi connectivity index (χ4v) is 3.92. The maximum Gasteiger partial charge on any atom is 0.293 e. The van der Waals surface area contributed by atoms with Crippen LogP contribution in [-0.4, -0.2) is 44.2 Å². The van der Waals surface area contributed by atoms with Gasteiger partial charge >= 0.3 is 0 Å². The molecular weight excluding hydrogens is 382 g/mol. The molecule has 30 heavy (non-hydrogen) atoms. The lowest BCUT2D eigenvalue weighted by molar-refractivity contribution is -0.384. The Labute approximate surface area is 177 Å². The molecule has 1 fully saturated rings. The summed E-state index contributed by atoms with van der Waals surface area (Å²) in [6.45, 7) is 2.58. The van der Waals surface area contributed by atoms with E-state index in [9.17, 15) is 14.9 Å². The Bertz CT molecular complexity index is 849. The monoisotopic (exact) mass is 411 g/mol. The quantitative estimate of drug-likeness (QED) is 0.385. The molecule has 1 aliphatic heterocycles. The zero-order chi connectivity index (χ0) is 21.3. The maximum absolute atomic E-state index is 12.3. The minimum Gasteiger partial charge on any atom is -0.385 e. The molecule has 0 aliphatic carbocycles. The molecule has 1 heterocycles.